The first-order valence-corrected chi connectivity index (χ1v) is 6.19. The molecule has 0 fully saturated rings. The van der Waals surface area contributed by atoms with Crippen molar-refractivity contribution in [1.29, 1.82) is 0 Å². The van der Waals surface area contributed by atoms with Gasteiger partial charge in [0.2, 0.25) is 5.91 Å². The van der Waals surface area contributed by atoms with Gasteiger partial charge < -0.3 is 5.32 Å². The number of aryl methyl sites for hydroxylation is 2. The van der Waals surface area contributed by atoms with E-state index in [0.717, 1.165) is 22.0 Å². The minimum Gasteiger partial charge on any atom is -0.352 e. The van der Waals surface area contributed by atoms with Crippen LogP contribution >= 0.6 is 11.3 Å². The summed E-state index contributed by atoms with van der Waals surface area (Å²) in [5, 5.41) is 12.5. The fourth-order valence-corrected chi connectivity index (χ4v) is 2.08. The van der Waals surface area contributed by atoms with Gasteiger partial charge in [-0.05, 0) is 13.8 Å². The van der Waals surface area contributed by atoms with Gasteiger partial charge in [0.05, 0.1) is 23.3 Å². The van der Waals surface area contributed by atoms with Crippen LogP contribution in [-0.2, 0) is 17.8 Å². The average molecular weight is 250 g/mol. The molecule has 0 atom stereocenters. The molecule has 0 aliphatic rings. The van der Waals surface area contributed by atoms with Crippen LogP contribution in [0.1, 0.15) is 22.0 Å². The van der Waals surface area contributed by atoms with Crippen LogP contribution in [0, 0.1) is 13.8 Å². The molecule has 17 heavy (non-hydrogen) atoms. The lowest BCUT2D eigenvalue weighted by Crippen LogP contribution is -2.24. The van der Waals surface area contributed by atoms with Gasteiger partial charge in [0.25, 0.3) is 0 Å². The van der Waals surface area contributed by atoms with Crippen molar-refractivity contribution in [2.45, 2.75) is 26.8 Å². The molecule has 0 aromatic carbocycles. The summed E-state index contributed by atoms with van der Waals surface area (Å²) in [6.45, 7) is 4.36. The van der Waals surface area contributed by atoms with E-state index in [9.17, 15) is 4.79 Å². The predicted octanol–water partition coefficient (Wildman–Crippen LogP) is 1.34. The molecule has 0 unspecified atom stereocenters. The number of H-pyrrole nitrogens is 1. The zero-order valence-corrected chi connectivity index (χ0v) is 10.6. The number of carbonyl (C=O) groups is 1. The Labute approximate surface area is 103 Å². The maximum absolute atomic E-state index is 11.7. The second-order valence-corrected chi connectivity index (χ2v) is 4.89. The molecule has 0 aliphatic heterocycles. The Morgan fingerprint density at radius 2 is 2.35 bits per heavy atom. The van der Waals surface area contributed by atoms with Gasteiger partial charge >= 0.3 is 0 Å². The Kier molecular flexibility index (Phi) is 3.53. The molecule has 2 N–H and O–H groups in total. The van der Waals surface area contributed by atoms with Crippen LogP contribution in [0.15, 0.2) is 11.6 Å². The molecule has 90 valence electrons. The number of rotatable bonds is 4. The maximum atomic E-state index is 11.7. The van der Waals surface area contributed by atoms with Crippen molar-refractivity contribution in [2.24, 2.45) is 0 Å². The smallest absolute Gasteiger partial charge is 0.226 e. The third kappa shape index (κ3) is 3.13. The number of thiazole rings is 1. The number of nitrogens with zero attached hydrogens (tertiary/aromatic N) is 2. The number of amides is 1. The number of hydrogen-bond acceptors (Lipinski definition) is 4. The van der Waals surface area contributed by atoms with Crippen molar-refractivity contribution >= 4 is 17.2 Å². The molecule has 5 nitrogen and oxygen atoms in total. The van der Waals surface area contributed by atoms with Crippen molar-refractivity contribution in [1.82, 2.24) is 20.5 Å². The highest BCUT2D eigenvalue weighted by Crippen LogP contribution is 2.08. The van der Waals surface area contributed by atoms with Gasteiger partial charge in [-0.2, -0.15) is 5.10 Å². The standard InChI is InChI=1S/C11H14N4OS/c1-7-9(5-13-15-7)4-12-11(16)3-10-6-17-8(2)14-10/h5-6H,3-4H2,1-2H3,(H,12,16)(H,13,15). The SMILES string of the molecule is Cc1nc(CC(=O)NCc2cn[nH]c2C)cs1. The van der Waals surface area contributed by atoms with E-state index in [2.05, 4.69) is 20.5 Å². The normalized spacial score (nSPS) is 10.5. The number of carbonyl (C=O) groups excluding carboxylic acids is 1. The lowest BCUT2D eigenvalue weighted by atomic mass is 10.2. The summed E-state index contributed by atoms with van der Waals surface area (Å²) in [5.74, 6) is -0.0177. The van der Waals surface area contributed by atoms with E-state index in [1.165, 1.54) is 0 Å². The van der Waals surface area contributed by atoms with Gasteiger partial charge in [-0.15, -0.1) is 11.3 Å². The Morgan fingerprint density at radius 1 is 1.53 bits per heavy atom. The summed E-state index contributed by atoms with van der Waals surface area (Å²) in [7, 11) is 0. The highest BCUT2D eigenvalue weighted by atomic mass is 32.1. The fourth-order valence-electron chi connectivity index (χ4n) is 1.46. The molecule has 2 heterocycles. The number of hydrogen-bond donors (Lipinski definition) is 2. The fraction of sp³-hybridized carbons (Fsp3) is 0.364. The molecule has 2 rings (SSSR count). The third-order valence-corrected chi connectivity index (χ3v) is 3.24. The van der Waals surface area contributed by atoms with E-state index in [-0.39, 0.29) is 5.91 Å². The van der Waals surface area contributed by atoms with E-state index in [0.29, 0.717) is 13.0 Å². The quantitative estimate of drug-likeness (QED) is 0.860. The van der Waals surface area contributed by atoms with Crippen LogP contribution in [0.3, 0.4) is 0 Å². The predicted molar refractivity (Wildman–Crippen MR) is 65.7 cm³/mol. The summed E-state index contributed by atoms with van der Waals surface area (Å²) in [5.41, 5.74) is 2.82. The minimum absolute atomic E-state index is 0.0177. The van der Waals surface area contributed by atoms with E-state index in [4.69, 9.17) is 0 Å². The lowest BCUT2D eigenvalue weighted by molar-refractivity contribution is -0.120. The van der Waals surface area contributed by atoms with Gasteiger partial charge in [-0.3, -0.25) is 9.89 Å². The topological polar surface area (TPSA) is 70.7 Å². The Hall–Kier alpha value is -1.69. The van der Waals surface area contributed by atoms with E-state index < -0.39 is 0 Å². The molecule has 0 aliphatic carbocycles. The van der Waals surface area contributed by atoms with Crippen molar-refractivity contribution in [3.05, 3.63) is 33.5 Å². The van der Waals surface area contributed by atoms with Crippen LogP contribution < -0.4 is 5.32 Å². The molecular weight excluding hydrogens is 236 g/mol. The second-order valence-electron chi connectivity index (χ2n) is 3.83. The molecule has 1 amide bonds. The second kappa shape index (κ2) is 5.09. The molecule has 0 spiro atoms. The summed E-state index contributed by atoms with van der Waals surface area (Å²) < 4.78 is 0. The number of nitrogens with one attached hydrogen (secondary N) is 2. The van der Waals surface area contributed by atoms with Crippen molar-refractivity contribution < 1.29 is 4.79 Å². The summed E-state index contributed by atoms with van der Waals surface area (Å²) >= 11 is 1.56. The molecule has 0 saturated heterocycles. The van der Waals surface area contributed by atoms with Crippen LogP contribution in [0.2, 0.25) is 0 Å². The van der Waals surface area contributed by atoms with Crippen LogP contribution in [-0.4, -0.2) is 21.1 Å². The van der Waals surface area contributed by atoms with Gasteiger partial charge in [-0.25, -0.2) is 4.98 Å². The average Bonchev–Trinajstić information content (AvgIpc) is 2.85. The maximum Gasteiger partial charge on any atom is 0.226 e. The Balaban J connectivity index is 1.84. The molecule has 0 bridgehead atoms. The van der Waals surface area contributed by atoms with Gasteiger partial charge in [0.1, 0.15) is 0 Å². The lowest BCUT2D eigenvalue weighted by Gasteiger charge is -2.02. The molecular formula is C11H14N4OS. The molecule has 6 heteroatoms. The monoisotopic (exact) mass is 250 g/mol. The summed E-state index contributed by atoms with van der Waals surface area (Å²) in [6.07, 6.45) is 2.06. The van der Waals surface area contributed by atoms with E-state index >= 15 is 0 Å². The zero-order valence-electron chi connectivity index (χ0n) is 9.78. The van der Waals surface area contributed by atoms with Crippen molar-refractivity contribution in [3.63, 3.8) is 0 Å². The first-order chi connectivity index (χ1) is 8.15. The summed E-state index contributed by atoms with van der Waals surface area (Å²) in [6, 6.07) is 0. The minimum atomic E-state index is -0.0177. The molecule has 0 saturated carbocycles. The number of aromatic amines is 1. The Bertz CT molecular complexity index is 517. The van der Waals surface area contributed by atoms with Crippen LogP contribution in [0.4, 0.5) is 0 Å². The van der Waals surface area contributed by atoms with Crippen molar-refractivity contribution in [3.8, 4) is 0 Å². The van der Waals surface area contributed by atoms with Crippen LogP contribution in [0.5, 0.6) is 0 Å². The Morgan fingerprint density at radius 3 is 2.94 bits per heavy atom. The largest absolute Gasteiger partial charge is 0.352 e. The first-order valence-electron chi connectivity index (χ1n) is 5.31. The molecule has 2 aromatic heterocycles. The third-order valence-electron chi connectivity index (χ3n) is 2.42. The number of aromatic nitrogens is 3. The van der Waals surface area contributed by atoms with E-state index in [1.807, 2.05) is 19.2 Å². The van der Waals surface area contributed by atoms with Gasteiger partial charge in [0.15, 0.2) is 0 Å². The molecule has 0 radical (unpaired) electrons. The van der Waals surface area contributed by atoms with Gasteiger partial charge in [-0.1, -0.05) is 0 Å². The highest BCUT2D eigenvalue weighted by Gasteiger charge is 2.07. The summed E-state index contributed by atoms with van der Waals surface area (Å²) in [4.78, 5) is 15.9. The highest BCUT2D eigenvalue weighted by molar-refractivity contribution is 7.09. The van der Waals surface area contributed by atoms with Crippen LogP contribution in [0.25, 0.3) is 0 Å². The van der Waals surface area contributed by atoms with Gasteiger partial charge in [0, 0.05) is 23.2 Å². The molecule has 2 aromatic rings. The first kappa shape index (κ1) is 11.8. The van der Waals surface area contributed by atoms with E-state index in [1.54, 1.807) is 17.5 Å². The zero-order chi connectivity index (χ0) is 12.3. The van der Waals surface area contributed by atoms with Crippen molar-refractivity contribution in [2.75, 3.05) is 0 Å².